The number of unbranched alkanes of at least 4 members (excludes halogenated alkanes) is 1. The van der Waals surface area contributed by atoms with Gasteiger partial charge in [-0.3, -0.25) is 4.79 Å². The van der Waals surface area contributed by atoms with E-state index in [0.29, 0.717) is 19.6 Å². The highest BCUT2D eigenvalue weighted by Gasteiger charge is 2.39. The van der Waals surface area contributed by atoms with Crippen molar-refractivity contribution in [3.63, 3.8) is 0 Å². The third kappa shape index (κ3) is 2.95. The van der Waals surface area contributed by atoms with Crippen LogP contribution >= 0.6 is 0 Å². The van der Waals surface area contributed by atoms with Gasteiger partial charge in [-0.15, -0.1) is 0 Å². The highest BCUT2D eigenvalue weighted by Crippen LogP contribution is 2.20. The second kappa shape index (κ2) is 5.30. The van der Waals surface area contributed by atoms with Crippen molar-refractivity contribution in [3.8, 4) is 0 Å². The van der Waals surface area contributed by atoms with Gasteiger partial charge in [0.25, 0.3) is 5.91 Å². The molecule has 0 aliphatic carbocycles. The zero-order valence-electron chi connectivity index (χ0n) is 9.99. The van der Waals surface area contributed by atoms with Crippen LogP contribution in [0.1, 0.15) is 39.5 Å². The third-order valence-electron chi connectivity index (χ3n) is 2.76. The van der Waals surface area contributed by atoms with Gasteiger partial charge in [0.15, 0.2) is 0 Å². The fourth-order valence-corrected chi connectivity index (χ4v) is 1.68. The number of likely N-dealkylation sites (tertiary alicyclic amines) is 1. The summed E-state index contributed by atoms with van der Waals surface area (Å²) in [6.07, 6.45) is 2.56. The summed E-state index contributed by atoms with van der Waals surface area (Å²) >= 11 is 0. The Labute approximate surface area is 95.9 Å². The van der Waals surface area contributed by atoms with Crippen LogP contribution in [0, 0.1) is 0 Å². The van der Waals surface area contributed by atoms with Crippen molar-refractivity contribution < 1.29 is 14.3 Å². The van der Waals surface area contributed by atoms with Crippen LogP contribution in [-0.2, 0) is 9.53 Å². The van der Waals surface area contributed by atoms with Gasteiger partial charge in [-0.25, -0.2) is 9.69 Å². The summed E-state index contributed by atoms with van der Waals surface area (Å²) in [5.74, 6) is -0.333. The first-order chi connectivity index (χ1) is 7.49. The van der Waals surface area contributed by atoms with Crippen molar-refractivity contribution in [2.24, 2.45) is 5.73 Å². The first-order valence-corrected chi connectivity index (χ1v) is 5.76. The fraction of sp³-hybridized carbons (Fsp3) is 0.818. The maximum atomic E-state index is 11.8. The van der Waals surface area contributed by atoms with E-state index in [2.05, 4.69) is 0 Å². The number of amides is 2. The van der Waals surface area contributed by atoms with Gasteiger partial charge in [0.1, 0.15) is 0 Å². The lowest BCUT2D eigenvalue weighted by Gasteiger charge is -2.34. The van der Waals surface area contributed by atoms with Crippen molar-refractivity contribution in [2.45, 2.75) is 45.1 Å². The number of carbonyl (C=O) groups is 2. The Hall–Kier alpha value is -1.10. The highest BCUT2D eigenvalue weighted by molar-refractivity contribution is 5.97. The summed E-state index contributed by atoms with van der Waals surface area (Å²) in [5, 5.41) is 0. The molecular weight excluding hydrogens is 208 g/mol. The van der Waals surface area contributed by atoms with E-state index in [4.69, 9.17) is 10.5 Å². The van der Waals surface area contributed by atoms with Crippen LogP contribution in [0.2, 0.25) is 0 Å². The van der Waals surface area contributed by atoms with Gasteiger partial charge in [0, 0.05) is 6.54 Å². The summed E-state index contributed by atoms with van der Waals surface area (Å²) in [5.41, 5.74) is 4.88. The normalized spacial score (nSPS) is 25.7. The molecule has 2 amide bonds. The van der Waals surface area contributed by atoms with Gasteiger partial charge in [0.05, 0.1) is 12.1 Å². The third-order valence-corrected chi connectivity index (χ3v) is 2.76. The minimum Gasteiger partial charge on any atom is -0.449 e. The van der Waals surface area contributed by atoms with Crippen LogP contribution in [0.5, 0.6) is 0 Å². The number of imide groups is 1. The van der Waals surface area contributed by atoms with E-state index in [-0.39, 0.29) is 5.91 Å². The Bertz CT molecular complexity index is 276. The summed E-state index contributed by atoms with van der Waals surface area (Å²) < 4.78 is 5.00. The van der Waals surface area contributed by atoms with Gasteiger partial charge in [0.2, 0.25) is 0 Å². The average molecular weight is 228 g/mol. The van der Waals surface area contributed by atoms with Crippen molar-refractivity contribution in [1.29, 1.82) is 0 Å². The zero-order chi connectivity index (χ0) is 12.2. The molecule has 1 unspecified atom stereocenters. The topological polar surface area (TPSA) is 72.6 Å². The quantitative estimate of drug-likeness (QED) is 0.738. The zero-order valence-corrected chi connectivity index (χ0v) is 9.99. The SMILES string of the molecule is CCCCOC(=O)N1CCCC(C)(N)C1=O. The van der Waals surface area contributed by atoms with Gasteiger partial charge in [-0.2, -0.15) is 0 Å². The molecule has 1 aliphatic heterocycles. The van der Waals surface area contributed by atoms with E-state index in [1.165, 1.54) is 0 Å². The minimum absolute atomic E-state index is 0.333. The highest BCUT2D eigenvalue weighted by atomic mass is 16.6. The van der Waals surface area contributed by atoms with E-state index >= 15 is 0 Å². The first kappa shape index (κ1) is 13.0. The summed E-state index contributed by atoms with van der Waals surface area (Å²) in [6, 6.07) is 0. The van der Waals surface area contributed by atoms with E-state index in [0.717, 1.165) is 24.2 Å². The molecule has 1 saturated heterocycles. The first-order valence-electron chi connectivity index (χ1n) is 5.76. The average Bonchev–Trinajstić information content (AvgIpc) is 2.22. The molecule has 1 rings (SSSR count). The molecule has 0 radical (unpaired) electrons. The number of rotatable bonds is 3. The van der Waals surface area contributed by atoms with Crippen LogP contribution in [0.25, 0.3) is 0 Å². The number of nitrogens with two attached hydrogens (primary N) is 1. The van der Waals surface area contributed by atoms with Crippen molar-refractivity contribution in [1.82, 2.24) is 4.90 Å². The molecule has 1 heterocycles. The molecule has 0 aromatic carbocycles. The summed E-state index contributed by atoms with van der Waals surface area (Å²) in [6.45, 7) is 4.44. The van der Waals surface area contributed by atoms with Crippen LogP contribution in [0.4, 0.5) is 4.79 Å². The van der Waals surface area contributed by atoms with Gasteiger partial charge in [-0.1, -0.05) is 13.3 Å². The van der Waals surface area contributed by atoms with Gasteiger partial charge >= 0.3 is 6.09 Å². The molecule has 0 bridgehead atoms. The largest absolute Gasteiger partial charge is 0.449 e. The Morgan fingerprint density at radius 1 is 1.62 bits per heavy atom. The maximum absolute atomic E-state index is 11.8. The molecule has 1 fully saturated rings. The molecule has 0 spiro atoms. The lowest BCUT2D eigenvalue weighted by Crippen LogP contribution is -2.58. The van der Waals surface area contributed by atoms with E-state index in [1.807, 2.05) is 6.92 Å². The molecule has 0 aromatic heterocycles. The van der Waals surface area contributed by atoms with E-state index < -0.39 is 11.6 Å². The summed E-state index contributed by atoms with van der Waals surface area (Å²) in [7, 11) is 0. The van der Waals surface area contributed by atoms with Crippen molar-refractivity contribution in [3.05, 3.63) is 0 Å². The van der Waals surface area contributed by atoms with E-state index in [1.54, 1.807) is 6.92 Å². The van der Waals surface area contributed by atoms with Crippen LogP contribution in [0.15, 0.2) is 0 Å². The lowest BCUT2D eigenvalue weighted by molar-refractivity contribution is -0.137. The Kier molecular flexibility index (Phi) is 4.29. The minimum atomic E-state index is -0.929. The van der Waals surface area contributed by atoms with Gasteiger partial charge in [-0.05, 0) is 26.2 Å². The standard InChI is InChI=1S/C11H20N2O3/c1-3-4-8-16-10(15)13-7-5-6-11(2,12)9(13)14/h3-8,12H2,1-2H3. The molecule has 1 aliphatic rings. The molecule has 5 heteroatoms. The lowest BCUT2D eigenvalue weighted by atomic mass is 9.92. The summed E-state index contributed by atoms with van der Waals surface area (Å²) in [4.78, 5) is 24.5. The molecule has 0 aromatic rings. The Morgan fingerprint density at radius 2 is 2.31 bits per heavy atom. The Morgan fingerprint density at radius 3 is 2.94 bits per heavy atom. The van der Waals surface area contributed by atoms with Crippen LogP contribution in [-0.4, -0.2) is 35.6 Å². The monoisotopic (exact) mass is 228 g/mol. The maximum Gasteiger partial charge on any atom is 0.416 e. The molecule has 92 valence electrons. The number of ether oxygens (including phenoxy) is 1. The second-order valence-corrected chi connectivity index (χ2v) is 4.45. The molecule has 16 heavy (non-hydrogen) atoms. The van der Waals surface area contributed by atoms with Crippen molar-refractivity contribution in [2.75, 3.05) is 13.2 Å². The fourth-order valence-electron chi connectivity index (χ4n) is 1.68. The van der Waals surface area contributed by atoms with Crippen LogP contribution in [0.3, 0.4) is 0 Å². The number of hydrogen-bond acceptors (Lipinski definition) is 4. The van der Waals surface area contributed by atoms with Crippen LogP contribution < -0.4 is 5.73 Å². The number of nitrogens with zero attached hydrogens (tertiary/aromatic N) is 1. The van der Waals surface area contributed by atoms with E-state index in [9.17, 15) is 9.59 Å². The second-order valence-electron chi connectivity index (χ2n) is 4.45. The predicted molar refractivity (Wildman–Crippen MR) is 59.8 cm³/mol. The molecule has 0 saturated carbocycles. The molecule has 2 N–H and O–H groups in total. The molecule has 1 atom stereocenters. The predicted octanol–water partition coefficient (Wildman–Crippen LogP) is 1.26. The Balaban J connectivity index is 2.52. The molecular formula is C11H20N2O3. The smallest absolute Gasteiger partial charge is 0.416 e. The van der Waals surface area contributed by atoms with Gasteiger partial charge < -0.3 is 10.5 Å². The number of hydrogen-bond donors (Lipinski definition) is 1. The number of carbonyl (C=O) groups excluding carboxylic acids is 2. The van der Waals surface area contributed by atoms with Crippen molar-refractivity contribution >= 4 is 12.0 Å². The number of piperidine rings is 1. The molecule has 5 nitrogen and oxygen atoms in total.